The highest BCUT2D eigenvalue weighted by molar-refractivity contribution is 5.93. The number of nitrogens with one attached hydrogen (secondary N) is 5. The van der Waals surface area contributed by atoms with E-state index in [1.54, 1.807) is 24.3 Å². The molecule has 1 aromatic carbocycles. The number of ether oxygens (including phenoxy) is 1. The Hall–Kier alpha value is -3.80. The van der Waals surface area contributed by atoms with Gasteiger partial charge in [0.2, 0.25) is 29.5 Å². The van der Waals surface area contributed by atoms with Crippen LogP contribution in [0.2, 0.25) is 0 Å². The van der Waals surface area contributed by atoms with Crippen LogP contribution in [0.25, 0.3) is 0 Å². The molecule has 12 heteroatoms. The van der Waals surface area contributed by atoms with Crippen molar-refractivity contribution in [2.24, 2.45) is 10.8 Å². The van der Waals surface area contributed by atoms with Crippen molar-refractivity contribution in [3.05, 3.63) is 35.9 Å². The molecule has 1 saturated carbocycles. The third kappa shape index (κ3) is 12.8. The highest BCUT2D eigenvalue weighted by Gasteiger charge is 2.48. The molecule has 5 N–H and O–H groups in total. The van der Waals surface area contributed by atoms with Crippen LogP contribution in [-0.4, -0.2) is 74.3 Å². The molecule has 0 spiro atoms. The van der Waals surface area contributed by atoms with E-state index in [4.69, 9.17) is 4.74 Å². The number of Topliss-reactive ketones (excluding diaryl/α,β-unsaturated/α-hetero) is 1. The summed E-state index contributed by atoms with van der Waals surface area (Å²) in [5.41, 5.74) is -0.197. The second-order valence-corrected chi connectivity index (χ2v) is 12.3. The fraction of sp³-hybridized carbons (Fsp3) is 0.625. The second kappa shape index (κ2) is 18.1. The van der Waals surface area contributed by atoms with E-state index >= 15 is 0 Å². The monoisotopic (exact) mass is 615 g/mol. The molecule has 244 valence electrons. The van der Waals surface area contributed by atoms with Crippen LogP contribution in [0.1, 0.15) is 78.2 Å². The number of hydrogen-bond acceptors (Lipinski definition) is 7. The molecule has 0 unspecified atom stereocenters. The van der Waals surface area contributed by atoms with Crippen molar-refractivity contribution in [2.75, 3.05) is 33.0 Å². The summed E-state index contributed by atoms with van der Waals surface area (Å²) in [4.78, 5) is 74.6. The predicted octanol–water partition coefficient (Wildman–Crippen LogP) is 1.52. The molecule has 1 fully saturated rings. The number of benzene rings is 1. The van der Waals surface area contributed by atoms with Crippen molar-refractivity contribution in [1.82, 2.24) is 26.6 Å². The molecule has 44 heavy (non-hydrogen) atoms. The van der Waals surface area contributed by atoms with Crippen LogP contribution in [0, 0.1) is 10.8 Å². The van der Waals surface area contributed by atoms with Crippen molar-refractivity contribution in [2.45, 2.75) is 85.1 Å². The van der Waals surface area contributed by atoms with E-state index in [2.05, 4.69) is 26.6 Å². The van der Waals surface area contributed by atoms with Crippen LogP contribution in [0.15, 0.2) is 30.3 Å². The Morgan fingerprint density at radius 3 is 2.05 bits per heavy atom. The Balaban J connectivity index is 1.80. The summed E-state index contributed by atoms with van der Waals surface area (Å²) in [5, 5.41) is 12.7. The molecule has 0 aliphatic heterocycles. The highest BCUT2D eigenvalue weighted by Crippen LogP contribution is 2.46. The van der Waals surface area contributed by atoms with Crippen LogP contribution < -0.4 is 26.6 Å². The zero-order chi connectivity index (χ0) is 32.6. The molecule has 1 atom stereocenters. The van der Waals surface area contributed by atoms with E-state index in [-0.39, 0.29) is 51.1 Å². The van der Waals surface area contributed by atoms with Gasteiger partial charge in [-0.3, -0.25) is 28.8 Å². The molecule has 0 saturated heterocycles. The van der Waals surface area contributed by atoms with Gasteiger partial charge in [0.25, 0.3) is 0 Å². The van der Waals surface area contributed by atoms with Gasteiger partial charge in [0.1, 0.15) is 18.6 Å². The van der Waals surface area contributed by atoms with Crippen molar-refractivity contribution >= 4 is 35.3 Å². The number of carbonyl (C=O) groups excluding carboxylic acids is 6. The molecular formula is C32H49N5O7. The maximum Gasteiger partial charge on any atom is 0.243 e. The van der Waals surface area contributed by atoms with E-state index < -0.39 is 40.5 Å². The van der Waals surface area contributed by atoms with Gasteiger partial charge < -0.3 is 31.3 Å². The molecule has 0 bridgehead atoms. The largest absolute Gasteiger partial charge is 0.360 e. The molecule has 12 nitrogen and oxygen atoms in total. The van der Waals surface area contributed by atoms with Gasteiger partial charge in [0, 0.05) is 18.3 Å². The average molecular weight is 616 g/mol. The van der Waals surface area contributed by atoms with Gasteiger partial charge in [0.05, 0.1) is 31.7 Å². The number of unbranched alkanes of at least 4 members (excludes halogenated alkanes) is 2. The lowest BCUT2D eigenvalue weighted by atomic mass is 9.61. The molecule has 0 heterocycles. The molecule has 2 rings (SSSR count). The molecule has 1 aliphatic rings. The maximum absolute atomic E-state index is 13.0. The Bertz CT molecular complexity index is 1130. The quantitative estimate of drug-likeness (QED) is 0.116. The Labute approximate surface area is 260 Å². The Morgan fingerprint density at radius 2 is 1.43 bits per heavy atom. The van der Waals surface area contributed by atoms with Crippen molar-refractivity contribution in [3.63, 3.8) is 0 Å². The minimum absolute atomic E-state index is 0.100. The Morgan fingerprint density at radius 1 is 0.818 bits per heavy atom. The summed E-state index contributed by atoms with van der Waals surface area (Å²) in [6.07, 6.45) is 5.65. The summed E-state index contributed by atoms with van der Waals surface area (Å²) in [6, 6.07) is 8.04. The van der Waals surface area contributed by atoms with Crippen molar-refractivity contribution in [3.8, 4) is 0 Å². The smallest absolute Gasteiger partial charge is 0.243 e. The zero-order valence-corrected chi connectivity index (χ0v) is 26.5. The fourth-order valence-corrected chi connectivity index (χ4v) is 4.92. The minimum Gasteiger partial charge on any atom is -0.360 e. The van der Waals surface area contributed by atoms with E-state index in [0.29, 0.717) is 6.42 Å². The number of rotatable bonds is 19. The van der Waals surface area contributed by atoms with E-state index in [1.165, 1.54) is 0 Å². The van der Waals surface area contributed by atoms with Gasteiger partial charge in [-0.25, -0.2) is 0 Å². The third-order valence-electron chi connectivity index (χ3n) is 7.48. The fourth-order valence-electron chi connectivity index (χ4n) is 4.92. The van der Waals surface area contributed by atoms with E-state index in [0.717, 1.165) is 44.1 Å². The van der Waals surface area contributed by atoms with Crippen LogP contribution in [0.4, 0.5) is 0 Å². The van der Waals surface area contributed by atoms with Gasteiger partial charge in [-0.1, -0.05) is 77.3 Å². The van der Waals surface area contributed by atoms with Crippen molar-refractivity contribution < 1.29 is 33.5 Å². The summed E-state index contributed by atoms with van der Waals surface area (Å²) in [6.45, 7) is 6.84. The zero-order valence-electron chi connectivity index (χ0n) is 26.5. The van der Waals surface area contributed by atoms with Crippen LogP contribution in [0.5, 0.6) is 0 Å². The summed E-state index contributed by atoms with van der Waals surface area (Å²) in [7, 11) is 0. The number of carbonyl (C=O) groups is 6. The minimum atomic E-state index is -1.01. The van der Waals surface area contributed by atoms with Gasteiger partial charge in [-0.05, 0) is 24.8 Å². The lowest BCUT2D eigenvalue weighted by Crippen LogP contribution is -2.52. The molecule has 0 radical (unpaired) electrons. The van der Waals surface area contributed by atoms with E-state index in [1.807, 2.05) is 33.8 Å². The number of hydrogen-bond donors (Lipinski definition) is 5. The predicted molar refractivity (Wildman–Crippen MR) is 165 cm³/mol. The first-order valence-electron chi connectivity index (χ1n) is 15.4. The molecule has 1 aromatic rings. The van der Waals surface area contributed by atoms with Crippen LogP contribution >= 0.6 is 0 Å². The van der Waals surface area contributed by atoms with Gasteiger partial charge >= 0.3 is 0 Å². The average Bonchev–Trinajstić information content (AvgIpc) is 2.96. The first-order valence-corrected chi connectivity index (χ1v) is 15.4. The summed E-state index contributed by atoms with van der Waals surface area (Å²) >= 11 is 0. The summed E-state index contributed by atoms with van der Waals surface area (Å²) < 4.78 is 5.63. The van der Waals surface area contributed by atoms with Gasteiger partial charge in [0.15, 0.2) is 0 Å². The number of ketones is 1. The molecule has 0 aromatic heterocycles. The molecular weight excluding hydrogens is 566 g/mol. The van der Waals surface area contributed by atoms with Crippen molar-refractivity contribution in [1.29, 1.82) is 0 Å². The lowest BCUT2D eigenvalue weighted by Gasteiger charge is -2.43. The first kappa shape index (κ1) is 36.4. The van der Waals surface area contributed by atoms with Crippen LogP contribution in [0.3, 0.4) is 0 Å². The van der Waals surface area contributed by atoms with Crippen LogP contribution in [-0.2, 0) is 39.9 Å². The summed E-state index contributed by atoms with van der Waals surface area (Å²) in [5.74, 6) is -2.27. The van der Waals surface area contributed by atoms with Gasteiger partial charge in [-0.15, -0.1) is 0 Å². The molecule has 5 amide bonds. The third-order valence-corrected chi connectivity index (χ3v) is 7.48. The van der Waals surface area contributed by atoms with E-state index in [9.17, 15) is 28.8 Å². The number of amides is 5. The first-order chi connectivity index (χ1) is 20.9. The highest BCUT2D eigenvalue weighted by atomic mass is 16.5. The Kier molecular flexibility index (Phi) is 15.0. The molecule has 1 aliphatic carbocycles. The van der Waals surface area contributed by atoms with Gasteiger partial charge in [-0.2, -0.15) is 0 Å². The second-order valence-electron chi connectivity index (χ2n) is 12.3. The normalized spacial score (nSPS) is 14.4. The standard InChI is InChI=1S/C32H49N5O7/c1-5-6-8-14-25(38)33-18-26(39)34-20-28(41)37-24(17-23-12-9-7-10-13-23)29(42)35-19-27(40)36-22-44-21-32(15-11-16-32)30(43)31(2,3)4/h7,9-10,12-13,24H,5-6,8,11,14-22H2,1-4H3,(H,33,38)(H,34,39)(H,35,42)(H,36,40)(H,37,41)/t24-/m0/s1. The SMILES string of the molecule is CCCCCC(=O)NCC(=O)NCC(=O)N[C@@H](Cc1ccccc1)C(=O)NCC(=O)NCOCC1(C(=O)C(C)(C)C)CCC1. The lowest BCUT2D eigenvalue weighted by molar-refractivity contribution is -0.148. The maximum atomic E-state index is 13.0. The topological polar surface area (TPSA) is 172 Å².